The number of carbonyl (C=O) groups excluding carboxylic acids is 3. The standard InChI is InChI=1S/C26H25N3O5/c1-33-26(32)20-9-11-23(22(18-20)27-24(30)12-10-21-8-5-17-34-21)28-13-15-29(16-14-28)25(31)19-6-3-2-4-7-19/h2-12,17-18H,13-16H2,1H3,(H,27,30)/b12-10+. The molecule has 2 aromatic carbocycles. The van der Waals surface area contributed by atoms with Gasteiger partial charge < -0.3 is 24.3 Å². The molecule has 0 radical (unpaired) electrons. The van der Waals surface area contributed by atoms with Gasteiger partial charge in [-0.3, -0.25) is 9.59 Å². The summed E-state index contributed by atoms with van der Waals surface area (Å²) >= 11 is 0. The number of benzene rings is 2. The average molecular weight is 460 g/mol. The van der Waals surface area contributed by atoms with Crippen LogP contribution >= 0.6 is 0 Å². The lowest BCUT2D eigenvalue weighted by Crippen LogP contribution is -2.49. The van der Waals surface area contributed by atoms with Crippen LogP contribution in [0.4, 0.5) is 11.4 Å². The molecule has 0 spiro atoms. The highest BCUT2D eigenvalue weighted by molar-refractivity contribution is 6.05. The largest absolute Gasteiger partial charge is 0.465 e. The number of carbonyl (C=O) groups is 3. The zero-order chi connectivity index (χ0) is 23.9. The minimum Gasteiger partial charge on any atom is -0.465 e. The van der Waals surface area contributed by atoms with E-state index >= 15 is 0 Å². The molecule has 1 aliphatic rings. The molecule has 34 heavy (non-hydrogen) atoms. The van der Waals surface area contributed by atoms with Gasteiger partial charge in [0.25, 0.3) is 5.91 Å². The van der Waals surface area contributed by atoms with Gasteiger partial charge in [0, 0.05) is 37.8 Å². The lowest BCUT2D eigenvalue weighted by atomic mass is 10.1. The number of ether oxygens (including phenoxy) is 1. The van der Waals surface area contributed by atoms with Gasteiger partial charge >= 0.3 is 5.97 Å². The van der Waals surface area contributed by atoms with E-state index in [4.69, 9.17) is 9.15 Å². The van der Waals surface area contributed by atoms with Crippen molar-refractivity contribution in [1.82, 2.24) is 4.90 Å². The van der Waals surface area contributed by atoms with Crippen LogP contribution in [0.5, 0.6) is 0 Å². The van der Waals surface area contributed by atoms with Crippen molar-refractivity contribution in [2.75, 3.05) is 43.5 Å². The highest BCUT2D eigenvalue weighted by atomic mass is 16.5. The second-order valence-corrected chi connectivity index (χ2v) is 7.71. The van der Waals surface area contributed by atoms with Gasteiger partial charge in [-0.1, -0.05) is 18.2 Å². The first kappa shape index (κ1) is 22.8. The Bertz CT molecular complexity index is 1180. The van der Waals surface area contributed by atoms with Crippen molar-refractivity contribution in [3.05, 3.63) is 89.9 Å². The minimum atomic E-state index is -0.494. The van der Waals surface area contributed by atoms with Gasteiger partial charge in [0.05, 0.1) is 30.3 Å². The van der Waals surface area contributed by atoms with E-state index in [0.29, 0.717) is 48.8 Å². The van der Waals surface area contributed by atoms with Crippen LogP contribution in [0, 0.1) is 0 Å². The molecule has 0 bridgehead atoms. The SMILES string of the molecule is COC(=O)c1ccc(N2CCN(C(=O)c3ccccc3)CC2)c(NC(=O)/C=C/c2ccco2)c1. The normalized spacial score (nSPS) is 13.7. The molecular weight excluding hydrogens is 434 g/mol. The Morgan fingerprint density at radius 1 is 0.941 bits per heavy atom. The quantitative estimate of drug-likeness (QED) is 0.447. The lowest BCUT2D eigenvalue weighted by molar-refractivity contribution is -0.111. The second kappa shape index (κ2) is 10.5. The fourth-order valence-corrected chi connectivity index (χ4v) is 3.79. The van der Waals surface area contributed by atoms with Gasteiger partial charge in [-0.15, -0.1) is 0 Å². The highest BCUT2D eigenvalue weighted by Crippen LogP contribution is 2.29. The van der Waals surface area contributed by atoms with E-state index in [0.717, 1.165) is 5.69 Å². The molecule has 0 saturated carbocycles. The molecule has 1 N–H and O–H groups in total. The summed E-state index contributed by atoms with van der Waals surface area (Å²) in [6, 6.07) is 17.7. The maximum Gasteiger partial charge on any atom is 0.337 e. The molecular formula is C26H25N3O5. The van der Waals surface area contributed by atoms with Gasteiger partial charge in [0.2, 0.25) is 5.91 Å². The number of piperazine rings is 1. The van der Waals surface area contributed by atoms with Crippen molar-refractivity contribution >= 4 is 35.2 Å². The smallest absolute Gasteiger partial charge is 0.337 e. The number of nitrogens with one attached hydrogen (secondary N) is 1. The summed E-state index contributed by atoms with van der Waals surface area (Å²) in [6.07, 6.45) is 4.45. The van der Waals surface area contributed by atoms with Gasteiger partial charge in [-0.2, -0.15) is 0 Å². The van der Waals surface area contributed by atoms with Crippen LogP contribution in [0.15, 0.2) is 77.4 Å². The molecule has 2 amide bonds. The number of amides is 2. The Morgan fingerprint density at radius 2 is 1.71 bits per heavy atom. The van der Waals surface area contributed by atoms with Crippen molar-refractivity contribution < 1.29 is 23.5 Å². The van der Waals surface area contributed by atoms with Crippen LogP contribution in [0.3, 0.4) is 0 Å². The van der Waals surface area contributed by atoms with Gasteiger partial charge in [-0.05, 0) is 48.5 Å². The molecule has 8 nitrogen and oxygen atoms in total. The van der Waals surface area contributed by atoms with Gasteiger partial charge in [0.1, 0.15) is 5.76 Å². The van der Waals surface area contributed by atoms with Crippen molar-refractivity contribution in [3.63, 3.8) is 0 Å². The third-order valence-electron chi connectivity index (χ3n) is 5.55. The topological polar surface area (TPSA) is 92.1 Å². The molecule has 8 heteroatoms. The van der Waals surface area contributed by atoms with Crippen molar-refractivity contribution in [1.29, 1.82) is 0 Å². The summed E-state index contributed by atoms with van der Waals surface area (Å²) in [5.74, 6) is -0.306. The minimum absolute atomic E-state index is 0.00196. The average Bonchev–Trinajstić information content (AvgIpc) is 3.41. The van der Waals surface area contributed by atoms with Gasteiger partial charge in [0.15, 0.2) is 0 Å². The second-order valence-electron chi connectivity index (χ2n) is 7.71. The zero-order valence-electron chi connectivity index (χ0n) is 18.8. The third-order valence-corrected chi connectivity index (χ3v) is 5.55. The Hall–Kier alpha value is -4.33. The molecule has 1 aromatic heterocycles. The van der Waals surface area contributed by atoms with Crippen molar-refractivity contribution in [3.8, 4) is 0 Å². The number of anilines is 2. The van der Waals surface area contributed by atoms with Crippen LogP contribution in [0.2, 0.25) is 0 Å². The maximum atomic E-state index is 12.8. The van der Waals surface area contributed by atoms with Crippen molar-refractivity contribution in [2.24, 2.45) is 0 Å². The Labute approximate surface area is 197 Å². The number of rotatable bonds is 6. The van der Waals surface area contributed by atoms with E-state index in [9.17, 15) is 14.4 Å². The summed E-state index contributed by atoms with van der Waals surface area (Å²) in [5.41, 5.74) is 2.24. The molecule has 0 atom stereocenters. The Balaban J connectivity index is 1.50. The van der Waals surface area contributed by atoms with Crippen LogP contribution in [-0.2, 0) is 9.53 Å². The predicted octanol–water partition coefficient (Wildman–Crippen LogP) is 3.68. The van der Waals surface area contributed by atoms with Crippen LogP contribution in [0.1, 0.15) is 26.5 Å². The first-order chi connectivity index (χ1) is 16.5. The van der Waals surface area contributed by atoms with E-state index in [1.165, 1.54) is 19.4 Å². The summed E-state index contributed by atoms with van der Waals surface area (Å²) < 4.78 is 10.0. The molecule has 0 aliphatic carbocycles. The molecule has 0 unspecified atom stereocenters. The monoisotopic (exact) mass is 459 g/mol. The van der Waals surface area contributed by atoms with E-state index in [1.807, 2.05) is 35.2 Å². The summed E-state index contributed by atoms with van der Waals surface area (Å²) in [7, 11) is 1.31. The fourth-order valence-electron chi connectivity index (χ4n) is 3.79. The zero-order valence-corrected chi connectivity index (χ0v) is 18.8. The lowest BCUT2D eigenvalue weighted by Gasteiger charge is -2.37. The third kappa shape index (κ3) is 5.35. The first-order valence-electron chi connectivity index (χ1n) is 10.9. The predicted molar refractivity (Wildman–Crippen MR) is 129 cm³/mol. The first-order valence-corrected chi connectivity index (χ1v) is 10.9. The summed E-state index contributed by atoms with van der Waals surface area (Å²) in [4.78, 5) is 41.3. The summed E-state index contributed by atoms with van der Waals surface area (Å²) in [6.45, 7) is 2.25. The van der Waals surface area contributed by atoms with Crippen LogP contribution < -0.4 is 10.2 Å². The number of esters is 1. The van der Waals surface area contributed by atoms with Gasteiger partial charge in [-0.25, -0.2) is 4.79 Å². The fraction of sp³-hybridized carbons (Fsp3) is 0.192. The summed E-state index contributed by atoms with van der Waals surface area (Å²) in [5, 5.41) is 2.85. The number of furan rings is 1. The Morgan fingerprint density at radius 3 is 2.38 bits per heavy atom. The Kier molecular flexibility index (Phi) is 7.07. The number of hydrogen-bond acceptors (Lipinski definition) is 6. The van der Waals surface area contributed by atoms with Crippen LogP contribution in [0.25, 0.3) is 6.08 Å². The highest BCUT2D eigenvalue weighted by Gasteiger charge is 2.24. The maximum absolute atomic E-state index is 12.8. The van der Waals surface area contributed by atoms with Crippen molar-refractivity contribution in [2.45, 2.75) is 0 Å². The van der Waals surface area contributed by atoms with E-state index in [1.54, 1.807) is 36.4 Å². The molecule has 1 fully saturated rings. The number of nitrogens with zero attached hydrogens (tertiary/aromatic N) is 2. The number of methoxy groups -OCH3 is 1. The number of hydrogen-bond donors (Lipinski definition) is 1. The van der Waals surface area contributed by atoms with E-state index in [-0.39, 0.29) is 11.8 Å². The molecule has 1 saturated heterocycles. The molecule has 1 aliphatic heterocycles. The van der Waals surface area contributed by atoms with E-state index in [2.05, 4.69) is 10.2 Å². The van der Waals surface area contributed by atoms with E-state index < -0.39 is 5.97 Å². The molecule has 3 aromatic rings. The molecule has 2 heterocycles. The molecule has 174 valence electrons. The van der Waals surface area contributed by atoms with Crippen LogP contribution in [-0.4, -0.2) is 56.0 Å². The molecule has 4 rings (SSSR count).